The predicted octanol–water partition coefficient (Wildman–Crippen LogP) is 14.0. The number of likely N-dealkylation sites (tertiary alicyclic amines) is 1. The molecule has 1 fully saturated rings. The van der Waals surface area contributed by atoms with E-state index >= 15 is 0 Å². The summed E-state index contributed by atoms with van der Waals surface area (Å²) < 4.78 is 0. The molecule has 1 saturated heterocycles. The number of aliphatic hydroxyl groups is 1. The first kappa shape index (κ1) is 41.9. The molecule has 0 aliphatic carbocycles. The van der Waals surface area contributed by atoms with Crippen molar-refractivity contribution < 1.29 is 5.11 Å². The molecule has 0 spiro atoms. The Balaban J connectivity index is 1.97. The van der Waals surface area contributed by atoms with E-state index in [4.69, 9.17) is 0 Å². The smallest absolute Gasteiger partial charge is 0.0443 e. The lowest BCUT2D eigenvalue weighted by atomic mass is 9.71. The quantitative estimate of drug-likeness (QED) is 0.0699. The molecule has 0 aromatic rings. The zero-order chi connectivity index (χ0) is 31.7. The van der Waals surface area contributed by atoms with Gasteiger partial charge in [-0.1, -0.05) is 219 Å². The first-order valence-corrected chi connectivity index (χ1v) is 21.1. The van der Waals surface area contributed by atoms with Crippen LogP contribution in [0.15, 0.2) is 0 Å². The molecule has 0 aromatic carbocycles. The van der Waals surface area contributed by atoms with Crippen LogP contribution in [0.1, 0.15) is 239 Å². The van der Waals surface area contributed by atoms with Crippen molar-refractivity contribution in [3.05, 3.63) is 0 Å². The Bertz CT molecular complexity index is 504. The first-order chi connectivity index (χ1) is 21.8. The number of aliphatic hydroxyl groups excluding tert-OH is 1. The van der Waals surface area contributed by atoms with E-state index in [0.717, 1.165) is 13.0 Å². The van der Waals surface area contributed by atoms with Gasteiger partial charge in [0.2, 0.25) is 0 Å². The van der Waals surface area contributed by atoms with Crippen molar-refractivity contribution in [2.24, 2.45) is 5.41 Å². The summed E-state index contributed by atoms with van der Waals surface area (Å²) in [5.41, 5.74) is 0.613. The Morgan fingerprint density at radius 1 is 0.364 bits per heavy atom. The molecule has 264 valence electrons. The summed E-state index contributed by atoms with van der Waals surface area (Å²) in [6.45, 7) is 8.69. The van der Waals surface area contributed by atoms with Crippen LogP contribution in [0, 0.1) is 5.41 Å². The van der Waals surface area contributed by atoms with Gasteiger partial charge >= 0.3 is 0 Å². The average Bonchev–Trinajstić information content (AvgIpc) is 3.01. The summed E-state index contributed by atoms with van der Waals surface area (Å²) in [4.78, 5) is 2.62. The van der Waals surface area contributed by atoms with Crippen molar-refractivity contribution in [1.29, 1.82) is 0 Å². The summed E-state index contributed by atoms with van der Waals surface area (Å²) in [6, 6.07) is 0. The lowest BCUT2D eigenvalue weighted by Gasteiger charge is -2.51. The monoisotopic (exact) mass is 620 g/mol. The van der Waals surface area contributed by atoms with E-state index < -0.39 is 0 Å². The van der Waals surface area contributed by atoms with Crippen LogP contribution >= 0.6 is 0 Å². The van der Waals surface area contributed by atoms with Crippen LogP contribution in [0.5, 0.6) is 0 Å². The van der Waals surface area contributed by atoms with Gasteiger partial charge in [-0.15, -0.1) is 0 Å². The van der Waals surface area contributed by atoms with Crippen LogP contribution in [0.25, 0.3) is 0 Å². The fourth-order valence-corrected chi connectivity index (χ4v) is 7.89. The van der Waals surface area contributed by atoms with Gasteiger partial charge in [0.1, 0.15) is 0 Å². The minimum atomic E-state index is 0.349. The highest BCUT2D eigenvalue weighted by Gasteiger charge is 2.40. The van der Waals surface area contributed by atoms with E-state index in [1.165, 1.54) is 231 Å². The van der Waals surface area contributed by atoms with Gasteiger partial charge in [0.15, 0.2) is 0 Å². The van der Waals surface area contributed by atoms with Crippen LogP contribution in [0.4, 0.5) is 0 Å². The molecule has 0 aromatic heterocycles. The lowest BCUT2D eigenvalue weighted by Crippen LogP contribution is -2.56. The van der Waals surface area contributed by atoms with Crippen molar-refractivity contribution in [1.82, 2.24) is 4.90 Å². The summed E-state index contributed by atoms with van der Waals surface area (Å²) in [6.07, 6.45) is 50.6. The van der Waals surface area contributed by atoms with Gasteiger partial charge in [-0.3, -0.25) is 0 Å². The highest BCUT2D eigenvalue weighted by Crippen LogP contribution is 2.41. The van der Waals surface area contributed by atoms with Crippen LogP contribution in [-0.2, 0) is 0 Å². The Kier molecular flexibility index (Phi) is 31.3. The number of hydrogen-bond donors (Lipinski definition) is 1. The van der Waals surface area contributed by atoms with Gasteiger partial charge in [-0.05, 0) is 24.7 Å². The molecular weight excluding hydrogens is 534 g/mol. The molecule has 0 bridgehead atoms. The zero-order valence-corrected chi connectivity index (χ0v) is 31.0. The third-order valence-corrected chi connectivity index (χ3v) is 10.9. The molecule has 2 heteroatoms. The molecule has 2 nitrogen and oxygen atoms in total. The lowest BCUT2D eigenvalue weighted by molar-refractivity contribution is -0.0197. The van der Waals surface area contributed by atoms with Crippen LogP contribution in [-0.4, -0.2) is 36.2 Å². The molecule has 0 atom stereocenters. The fourth-order valence-electron chi connectivity index (χ4n) is 7.89. The van der Waals surface area contributed by atoms with Gasteiger partial charge in [0.05, 0.1) is 0 Å². The fraction of sp³-hybridized carbons (Fsp3) is 1.00. The number of rotatable bonds is 37. The maximum Gasteiger partial charge on any atom is 0.0443 e. The SMILES string of the molecule is CCCCCCCCCCCCCCCCCCC1(CCCCCCCCCCCCCCCCCC)CN(CCCO)C1. The van der Waals surface area contributed by atoms with Gasteiger partial charge < -0.3 is 10.0 Å². The van der Waals surface area contributed by atoms with E-state index in [0.29, 0.717) is 12.0 Å². The van der Waals surface area contributed by atoms with E-state index in [2.05, 4.69) is 18.7 Å². The van der Waals surface area contributed by atoms with E-state index in [1.54, 1.807) is 0 Å². The molecule has 1 heterocycles. The second kappa shape index (κ2) is 32.8. The number of hydrogen-bond acceptors (Lipinski definition) is 2. The molecular formula is C42H85NO. The van der Waals surface area contributed by atoms with Crippen LogP contribution in [0.3, 0.4) is 0 Å². The zero-order valence-electron chi connectivity index (χ0n) is 31.0. The van der Waals surface area contributed by atoms with Gasteiger partial charge in [-0.2, -0.15) is 0 Å². The minimum Gasteiger partial charge on any atom is -0.396 e. The van der Waals surface area contributed by atoms with E-state index in [1.807, 2.05) is 0 Å². The van der Waals surface area contributed by atoms with Crippen molar-refractivity contribution in [2.45, 2.75) is 239 Å². The van der Waals surface area contributed by atoms with Crippen molar-refractivity contribution in [3.63, 3.8) is 0 Å². The Labute approximate surface area is 279 Å². The third kappa shape index (κ3) is 26.0. The minimum absolute atomic E-state index is 0.349. The molecule has 1 aliphatic rings. The summed E-state index contributed by atoms with van der Waals surface area (Å²) in [5.74, 6) is 0. The second-order valence-electron chi connectivity index (χ2n) is 15.4. The highest BCUT2D eigenvalue weighted by atomic mass is 16.3. The highest BCUT2D eigenvalue weighted by molar-refractivity contribution is 4.94. The molecule has 1 N–H and O–H groups in total. The Hall–Kier alpha value is -0.0800. The molecule has 1 aliphatic heterocycles. The standard InChI is InChI=1S/C42H85NO/c1-3-5-7-9-11-13-15-17-19-21-23-25-27-29-31-33-36-42(40-43(41-42)38-35-39-44)37-34-32-30-28-26-24-22-20-18-16-14-12-10-8-6-4-2/h44H,3-41H2,1-2H3. The Morgan fingerprint density at radius 2 is 0.614 bits per heavy atom. The second-order valence-corrected chi connectivity index (χ2v) is 15.4. The first-order valence-electron chi connectivity index (χ1n) is 21.1. The van der Waals surface area contributed by atoms with Gasteiger partial charge in [-0.25, -0.2) is 0 Å². The number of unbranched alkanes of at least 4 members (excludes halogenated alkanes) is 30. The summed E-state index contributed by atoms with van der Waals surface area (Å²) in [7, 11) is 0. The van der Waals surface area contributed by atoms with E-state index in [9.17, 15) is 5.11 Å². The van der Waals surface area contributed by atoms with Crippen molar-refractivity contribution >= 4 is 0 Å². The third-order valence-electron chi connectivity index (χ3n) is 10.9. The van der Waals surface area contributed by atoms with Crippen LogP contribution < -0.4 is 0 Å². The largest absolute Gasteiger partial charge is 0.396 e. The van der Waals surface area contributed by atoms with E-state index in [-0.39, 0.29) is 0 Å². The van der Waals surface area contributed by atoms with Gasteiger partial charge in [0.25, 0.3) is 0 Å². The molecule has 0 amide bonds. The molecule has 0 unspecified atom stereocenters. The summed E-state index contributed by atoms with van der Waals surface area (Å²) in [5, 5.41) is 9.26. The molecule has 44 heavy (non-hydrogen) atoms. The summed E-state index contributed by atoms with van der Waals surface area (Å²) >= 11 is 0. The average molecular weight is 620 g/mol. The maximum atomic E-state index is 9.26. The van der Waals surface area contributed by atoms with Crippen LogP contribution in [0.2, 0.25) is 0 Å². The van der Waals surface area contributed by atoms with Crippen molar-refractivity contribution in [2.75, 3.05) is 26.2 Å². The topological polar surface area (TPSA) is 23.5 Å². The maximum absolute atomic E-state index is 9.26. The number of nitrogens with zero attached hydrogens (tertiary/aromatic N) is 1. The molecule has 0 saturated carbocycles. The predicted molar refractivity (Wildman–Crippen MR) is 199 cm³/mol. The normalized spacial score (nSPS) is 14.8. The van der Waals surface area contributed by atoms with Crippen molar-refractivity contribution in [3.8, 4) is 0 Å². The Morgan fingerprint density at radius 3 is 0.864 bits per heavy atom. The molecule has 0 radical (unpaired) electrons. The molecule has 1 rings (SSSR count). The van der Waals surface area contributed by atoms with Gasteiger partial charge in [0, 0.05) is 26.2 Å².